The van der Waals surface area contributed by atoms with Crippen molar-refractivity contribution in [2.75, 3.05) is 13.2 Å². The number of benzene rings is 1. The first-order valence-electron chi connectivity index (χ1n) is 5.43. The first kappa shape index (κ1) is 15.9. The third-order valence-corrected chi connectivity index (χ3v) is 4.85. The molecule has 18 heavy (non-hydrogen) atoms. The van der Waals surface area contributed by atoms with E-state index in [-0.39, 0.29) is 17.5 Å². The smallest absolute Gasteiger partial charge is 0.240 e. The van der Waals surface area contributed by atoms with Crippen LogP contribution in [0.2, 0.25) is 5.02 Å². The van der Waals surface area contributed by atoms with Gasteiger partial charge in [-0.05, 0) is 48.0 Å². The Labute approximate surface area is 121 Å². The van der Waals surface area contributed by atoms with E-state index in [0.29, 0.717) is 16.1 Å². The van der Waals surface area contributed by atoms with Crippen molar-refractivity contribution in [2.24, 2.45) is 0 Å². The van der Waals surface area contributed by atoms with E-state index in [1.807, 2.05) is 13.8 Å². The van der Waals surface area contributed by atoms with Gasteiger partial charge < -0.3 is 4.74 Å². The van der Waals surface area contributed by atoms with E-state index in [2.05, 4.69) is 20.7 Å². The van der Waals surface area contributed by atoms with Gasteiger partial charge in [-0.15, -0.1) is 0 Å². The minimum absolute atomic E-state index is 0.166. The zero-order valence-electron chi connectivity index (χ0n) is 10.1. The van der Waals surface area contributed by atoms with Crippen LogP contribution in [0.5, 0.6) is 0 Å². The second-order valence-corrected chi connectivity index (χ2v) is 6.72. The molecular formula is C11H15BrClNO3S. The highest BCUT2D eigenvalue weighted by Crippen LogP contribution is 2.25. The predicted octanol–water partition coefficient (Wildman–Crippen LogP) is 2.81. The molecule has 0 bridgehead atoms. The van der Waals surface area contributed by atoms with Crippen molar-refractivity contribution < 1.29 is 13.2 Å². The van der Waals surface area contributed by atoms with Crippen molar-refractivity contribution in [3.05, 3.63) is 27.7 Å². The lowest BCUT2D eigenvalue weighted by molar-refractivity contribution is 0.0799. The fraction of sp³-hybridized carbons (Fsp3) is 0.455. The molecule has 0 saturated carbocycles. The molecule has 1 aromatic carbocycles. The Kier molecular flexibility index (Phi) is 6.07. The van der Waals surface area contributed by atoms with Gasteiger partial charge in [-0.2, -0.15) is 0 Å². The fourth-order valence-electron chi connectivity index (χ4n) is 1.30. The van der Waals surface area contributed by atoms with Crippen LogP contribution in [0.3, 0.4) is 0 Å². The summed E-state index contributed by atoms with van der Waals surface area (Å²) in [6.07, 6.45) is -0.166. The molecule has 0 aliphatic rings. The summed E-state index contributed by atoms with van der Waals surface area (Å²) in [4.78, 5) is 0.169. The van der Waals surface area contributed by atoms with Crippen molar-refractivity contribution >= 4 is 37.6 Å². The fourth-order valence-corrected chi connectivity index (χ4v) is 3.09. The highest BCUT2D eigenvalue weighted by Gasteiger charge is 2.16. The number of halogens is 2. The molecule has 0 fully saturated rings. The summed E-state index contributed by atoms with van der Waals surface area (Å²) in [7, 11) is -3.53. The second-order valence-electron chi connectivity index (χ2n) is 3.69. The predicted molar refractivity (Wildman–Crippen MR) is 75.4 cm³/mol. The second kappa shape index (κ2) is 6.86. The first-order chi connectivity index (χ1) is 8.36. The van der Waals surface area contributed by atoms with Crippen LogP contribution in [0.1, 0.15) is 13.8 Å². The highest BCUT2D eigenvalue weighted by molar-refractivity contribution is 9.10. The summed E-state index contributed by atoms with van der Waals surface area (Å²) < 4.78 is 32.2. The molecule has 7 heteroatoms. The van der Waals surface area contributed by atoms with Crippen LogP contribution in [0.4, 0.5) is 0 Å². The van der Waals surface area contributed by atoms with Crippen molar-refractivity contribution in [1.82, 2.24) is 4.72 Å². The molecule has 0 radical (unpaired) electrons. The molecule has 0 aliphatic carbocycles. The van der Waals surface area contributed by atoms with E-state index >= 15 is 0 Å². The van der Waals surface area contributed by atoms with Gasteiger partial charge in [0.15, 0.2) is 0 Å². The van der Waals surface area contributed by atoms with Crippen LogP contribution in [-0.4, -0.2) is 27.7 Å². The number of nitrogens with one attached hydrogen (secondary N) is 1. The van der Waals surface area contributed by atoms with Gasteiger partial charge >= 0.3 is 0 Å². The Morgan fingerprint density at radius 1 is 1.50 bits per heavy atom. The van der Waals surface area contributed by atoms with E-state index in [4.69, 9.17) is 16.3 Å². The molecular weight excluding hydrogens is 342 g/mol. The molecule has 1 atom stereocenters. The van der Waals surface area contributed by atoms with Crippen LogP contribution >= 0.6 is 27.5 Å². The van der Waals surface area contributed by atoms with Crippen molar-refractivity contribution in [3.63, 3.8) is 0 Å². The van der Waals surface area contributed by atoms with Gasteiger partial charge in [-0.3, -0.25) is 0 Å². The van der Waals surface area contributed by atoms with Crippen molar-refractivity contribution in [2.45, 2.75) is 24.8 Å². The number of rotatable bonds is 6. The summed E-state index contributed by atoms with van der Waals surface area (Å²) in [5.74, 6) is 0. The topological polar surface area (TPSA) is 55.4 Å². The van der Waals surface area contributed by atoms with Crippen LogP contribution in [0.15, 0.2) is 27.6 Å². The summed E-state index contributed by atoms with van der Waals surface area (Å²) in [6.45, 7) is 4.46. The molecule has 1 N–H and O–H groups in total. The van der Waals surface area contributed by atoms with Crippen molar-refractivity contribution in [3.8, 4) is 0 Å². The molecule has 4 nitrogen and oxygen atoms in total. The van der Waals surface area contributed by atoms with Gasteiger partial charge in [0.1, 0.15) is 0 Å². The molecule has 0 amide bonds. The zero-order chi connectivity index (χ0) is 13.8. The number of sulfonamides is 1. The minimum Gasteiger partial charge on any atom is -0.377 e. The molecule has 0 heterocycles. The summed E-state index contributed by atoms with van der Waals surface area (Å²) in [5.41, 5.74) is 0. The SMILES string of the molecule is CCOC(C)CNS(=O)(=O)c1ccc(Cl)c(Br)c1. The van der Waals surface area contributed by atoms with Crippen LogP contribution in [0, 0.1) is 0 Å². The average molecular weight is 357 g/mol. The average Bonchev–Trinajstić information content (AvgIpc) is 2.30. The Bertz CT molecular complexity index is 507. The molecule has 0 aliphatic heterocycles. The zero-order valence-corrected chi connectivity index (χ0v) is 13.3. The maximum absolute atomic E-state index is 12.0. The Balaban J connectivity index is 2.77. The first-order valence-corrected chi connectivity index (χ1v) is 8.08. The Morgan fingerprint density at radius 3 is 2.72 bits per heavy atom. The summed E-state index contributed by atoms with van der Waals surface area (Å²) in [6, 6.07) is 4.46. The molecule has 0 spiro atoms. The monoisotopic (exact) mass is 355 g/mol. The summed E-state index contributed by atoms with van der Waals surface area (Å²) in [5, 5.41) is 0.469. The lowest BCUT2D eigenvalue weighted by Crippen LogP contribution is -2.32. The molecule has 102 valence electrons. The molecule has 1 aromatic rings. The number of hydrogen-bond donors (Lipinski definition) is 1. The maximum atomic E-state index is 12.0. The third kappa shape index (κ3) is 4.51. The normalized spacial score (nSPS) is 13.6. The third-order valence-electron chi connectivity index (χ3n) is 2.21. The van der Waals surface area contributed by atoms with Crippen LogP contribution in [-0.2, 0) is 14.8 Å². The molecule has 1 unspecified atom stereocenters. The van der Waals surface area contributed by atoms with Gasteiger partial charge in [0.25, 0.3) is 0 Å². The standard InChI is InChI=1S/C11H15BrClNO3S/c1-3-17-8(2)7-14-18(15,16)9-4-5-11(13)10(12)6-9/h4-6,8,14H,3,7H2,1-2H3. The molecule has 1 rings (SSSR count). The number of ether oxygens (including phenoxy) is 1. The summed E-state index contributed by atoms with van der Waals surface area (Å²) >= 11 is 9.01. The minimum atomic E-state index is -3.53. The Hall–Kier alpha value is -0.140. The van der Waals surface area contributed by atoms with Gasteiger partial charge in [-0.1, -0.05) is 11.6 Å². The quantitative estimate of drug-likeness (QED) is 0.852. The van der Waals surface area contributed by atoms with Gasteiger partial charge in [0.05, 0.1) is 16.0 Å². The van der Waals surface area contributed by atoms with Crippen LogP contribution < -0.4 is 4.72 Å². The van der Waals surface area contributed by atoms with Gasteiger partial charge in [0, 0.05) is 17.6 Å². The van der Waals surface area contributed by atoms with Crippen LogP contribution in [0.25, 0.3) is 0 Å². The lowest BCUT2D eigenvalue weighted by atomic mass is 10.4. The van der Waals surface area contributed by atoms with Crippen molar-refractivity contribution in [1.29, 1.82) is 0 Å². The Morgan fingerprint density at radius 2 is 2.17 bits per heavy atom. The van der Waals surface area contributed by atoms with E-state index in [9.17, 15) is 8.42 Å². The van der Waals surface area contributed by atoms with E-state index in [1.165, 1.54) is 18.2 Å². The van der Waals surface area contributed by atoms with Gasteiger partial charge in [-0.25, -0.2) is 13.1 Å². The van der Waals surface area contributed by atoms with E-state index in [0.717, 1.165) is 0 Å². The van der Waals surface area contributed by atoms with E-state index < -0.39 is 10.0 Å². The highest BCUT2D eigenvalue weighted by atomic mass is 79.9. The molecule has 0 aromatic heterocycles. The van der Waals surface area contributed by atoms with Gasteiger partial charge in [0.2, 0.25) is 10.0 Å². The largest absolute Gasteiger partial charge is 0.377 e. The molecule has 0 saturated heterocycles. The lowest BCUT2D eigenvalue weighted by Gasteiger charge is -2.13. The van der Waals surface area contributed by atoms with E-state index in [1.54, 1.807) is 0 Å². The maximum Gasteiger partial charge on any atom is 0.240 e. The number of hydrogen-bond acceptors (Lipinski definition) is 3.